The number of benzene rings is 2. The number of carbonyl (C=O) groups is 1. The molecule has 0 atom stereocenters. The monoisotopic (exact) mass is 523 g/mol. The lowest BCUT2D eigenvalue weighted by molar-refractivity contribution is -0.148. The van der Waals surface area contributed by atoms with E-state index in [4.69, 9.17) is 5.73 Å². The van der Waals surface area contributed by atoms with Gasteiger partial charge in [-0.1, -0.05) is 36.0 Å². The van der Waals surface area contributed by atoms with Crippen LogP contribution in [0.4, 0.5) is 20.9 Å². The van der Waals surface area contributed by atoms with Crippen LogP contribution < -0.4 is 10.6 Å². The Hall–Kier alpha value is -2.62. The highest BCUT2D eigenvalue weighted by Gasteiger charge is 2.45. The zero-order chi connectivity index (χ0) is 24.7. The predicted molar refractivity (Wildman–Crippen MR) is 144 cm³/mol. The number of piperidine rings is 2. The number of rotatable bonds is 4. The van der Waals surface area contributed by atoms with Crippen LogP contribution in [0.25, 0.3) is 0 Å². The number of thiazole rings is 1. The molecule has 6 nitrogen and oxygen atoms in total. The van der Waals surface area contributed by atoms with Gasteiger partial charge in [0.2, 0.25) is 0 Å². The van der Waals surface area contributed by atoms with Gasteiger partial charge in [-0.15, -0.1) is 11.3 Å². The largest absolute Gasteiger partial charge is 0.375 e. The van der Waals surface area contributed by atoms with Gasteiger partial charge in [0.1, 0.15) is 0 Å². The summed E-state index contributed by atoms with van der Waals surface area (Å²) in [5, 5.41) is 0.552. The lowest BCUT2D eigenvalue weighted by Gasteiger charge is -2.44. The third kappa shape index (κ3) is 4.48. The van der Waals surface area contributed by atoms with E-state index in [2.05, 4.69) is 63.3 Å². The van der Waals surface area contributed by atoms with Crippen LogP contribution in [0.1, 0.15) is 30.6 Å². The molecule has 0 aliphatic carbocycles. The molecule has 0 spiro atoms. The second-order valence-corrected chi connectivity index (χ2v) is 12.1. The van der Waals surface area contributed by atoms with E-state index in [1.807, 2.05) is 0 Å². The number of nitrogens with two attached hydrogens (primary N) is 1. The van der Waals surface area contributed by atoms with Crippen molar-refractivity contribution in [3.8, 4) is 0 Å². The summed E-state index contributed by atoms with van der Waals surface area (Å²) in [4.78, 5) is 27.4. The number of hydrogen-bond donors (Lipinski definition) is 1. The number of halogens is 1. The normalized spacial score (nSPS) is 20.1. The Morgan fingerprint density at radius 2 is 1.61 bits per heavy atom. The summed E-state index contributed by atoms with van der Waals surface area (Å²) < 4.78 is 15.9. The number of aromatic nitrogens is 1. The molecule has 2 N–H and O–H groups in total. The highest BCUT2D eigenvalue weighted by molar-refractivity contribution is 7.99. The van der Waals surface area contributed by atoms with E-state index >= 15 is 4.39 Å². The maximum absolute atomic E-state index is 15.9. The van der Waals surface area contributed by atoms with Crippen LogP contribution in [0.15, 0.2) is 64.5 Å². The summed E-state index contributed by atoms with van der Waals surface area (Å²) >= 11 is 3.27. The molecule has 188 valence electrons. The van der Waals surface area contributed by atoms with Crippen LogP contribution >= 0.6 is 23.1 Å². The lowest BCUT2D eigenvalue weighted by Crippen LogP contribution is -2.55. The Bertz CT molecular complexity index is 1200. The highest BCUT2D eigenvalue weighted by Crippen LogP contribution is 2.49. The fourth-order valence-electron chi connectivity index (χ4n) is 5.63. The maximum atomic E-state index is 15.9. The van der Waals surface area contributed by atoms with Crippen molar-refractivity contribution in [2.75, 3.05) is 36.8 Å². The first-order valence-electron chi connectivity index (χ1n) is 12.6. The summed E-state index contributed by atoms with van der Waals surface area (Å²) in [6, 6.07) is 17.3. The Morgan fingerprint density at radius 1 is 1.00 bits per heavy atom. The topological polar surface area (TPSA) is 65.7 Å². The van der Waals surface area contributed by atoms with Crippen LogP contribution in [-0.2, 0) is 11.3 Å². The number of nitrogens with zero attached hydrogens (tertiary/aromatic N) is 4. The number of para-hydroxylation sites is 2. The summed E-state index contributed by atoms with van der Waals surface area (Å²) in [5.41, 5.74) is 6.41. The van der Waals surface area contributed by atoms with E-state index in [0.29, 0.717) is 37.9 Å². The van der Waals surface area contributed by atoms with E-state index in [1.54, 1.807) is 22.9 Å². The van der Waals surface area contributed by atoms with Crippen molar-refractivity contribution in [1.29, 1.82) is 0 Å². The molecule has 3 aliphatic heterocycles. The number of anilines is 3. The van der Waals surface area contributed by atoms with E-state index in [1.165, 1.54) is 32.5 Å². The minimum atomic E-state index is -1.77. The molecule has 0 radical (unpaired) electrons. The Labute approximate surface area is 219 Å². The van der Waals surface area contributed by atoms with Crippen molar-refractivity contribution in [3.05, 3.63) is 59.6 Å². The number of carbonyl (C=O) groups excluding carboxylic acids is 1. The second-order valence-electron chi connectivity index (χ2n) is 9.84. The standard InChI is InChI=1S/C27H30FN5OS2/c28-27(11-15-31(16-12-27)18-20-17-30-26(29)35-20)25(34)32-13-9-19(10-14-32)33-21-5-1-3-7-23(21)36-24-8-4-2-6-22(24)33/h1-8,17,19H,9-16,18H2,(H2,29,30). The molecule has 0 unspecified atom stereocenters. The van der Waals surface area contributed by atoms with E-state index in [9.17, 15) is 4.79 Å². The molecule has 1 amide bonds. The molecule has 0 bridgehead atoms. The SMILES string of the molecule is Nc1ncc(CN2CCC(F)(C(=O)N3CCC(N4c5ccccc5Sc5ccccc54)CC3)CC2)s1. The van der Waals surface area contributed by atoms with E-state index < -0.39 is 5.67 Å². The molecule has 3 aromatic rings. The molecule has 2 saturated heterocycles. The van der Waals surface area contributed by atoms with Crippen LogP contribution in [0.5, 0.6) is 0 Å². The highest BCUT2D eigenvalue weighted by atomic mass is 32.2. The number of alkyl halides is 1. The smallest absolute Gasteiger partial charge is 0.260 e. The molecule has 6 rings (SSSR count). The van der Waals surface area contributed by atoms with Crippen LogP contribution in [0.3, 0.4) is 0 Å². The molecular formula is C27H30FN5OS2. The number of amides is 1. The zero-order valence-electron chi connectivity index (χ0n) is 20.1. The summed E-state index contributed by atoms with van der Waals surface area (Å²) in [6.07, 6.45) is 3.92. The summed E-state index contributed by atoms with van der Waals surface area (Å²) in [6.45, 7) is 3.02. The van der Waals surface area contributed by atoms with Crippen LogP contribution in [0.2, 0.25) is 0 Å². The molecule has 36 heavy (non-hydrogen) atoms. The summed E-state index contributed by atoms with van der Waals surface area (Å²) in [5.74, 6) is -0.322. The van der Waals surface area contributed by atoms with Crippen molar-refractivity contribution >= 4 is 45.5 Å². The molecule has 1 aromatic heterocycles. The number of nitrogen functional groups attached to an aromatic ring is 1. The average Bonchev–Trinajstić information content (AvgIpc) is 3.32. The van der Waals surface area contributed by atoms with Crippen molar-refractivity contribution < 1.29 is 9.18 Å². The first-order valence-corrected chi connectivity index (χ1v) is 14.2. The van der Waals surface area contributed by atoms with Gasteiger partial charge in [0.05, 0.1) is 11.4 Å². The predicted octanol–water partition coefficient (Wildman–Crippen LogP) is 5.32. The van der Waals surface area contributed by atoms with Gasteiger partial charge in [-0.25, -0.2) is 9.37 Å². The molecule has 2 fully saturated rings. The first kappa shape index (κ1) is 23.8. The first-order chi connectivity index (χ1) is 17.5. The number of likely N-dealkylation sites (tertiary alicyclic amines) is 2. The fraction of sp³-hybridized carbons (Fsp3) is 0.407. The van der Waals surface area contributed by atoms with Gasteiger partial charge in [0.25, 0.3) is 5.91 Å². The van der Waals surface area contributed by atoms with Gasteiger partial charge >= 0.3 is 0 Å². The van der Waals surface area contributed by atoms with E-state index in [-0.39, 0.29) is 24.8 Å². The Morgan fingerprint density at radius 3 is 2.19 bits per heavy atom. The van der Waals surface area contributed by atoms with Gasteiger partial charge in [0.15, 0.2) is 10.8 Å². The maximum Gasteiger partial charge on any atom is 0.260 e. The second kappa shape index (κ2) is 9.68. The van der Waals surface area contributed by atoms with Gasteiger partial charge in [-0.2, -0.15) is 0 Å². The Balaban J connectivity index is 1.10. The molecule has 0 saturated carbocycles. The lowest BCUT2D eigenvalue weighted by atomic mass is 9.90. The summed E-state index contributed by atoms with van der Waals surface area (Å²) in [7, 11) is 0. The van der Waals surface area contributed by atoms with Gasteiger partial charge in [-0.05, 0) is 37.1 Å². The van der Waals surface area contributed by atoms with Gasteiger partial charge < -0.3 is 15.5 Å². The van der Waals surface area contributed by atoms with E-state index in [0.717, 1.165) is 17.7 Å². The van der Waals surface area contributed by atoms with Crippen LogP contribution in [0, 0.1) is 0 Å². The third-order valence-electron chi connectivity index (χ3n) is 7.57. The molecule has 4 heterocycles. The van der Waals surface area contributed by atoms with Gasteiger partial charge in [0, 0.05) is 72.5 Å². The minimum Gasteiger partial charge on any atom is -0.375 e. The van der Waals surface area contributed by atoms with Crippen molar-refractivity contribution in [2.45, 2.75) is 53.7 Å². The van der Waals surface area contributed by atoms with Crippen molar-refractivity contribution in [1.82, 2.24) is 14.8 Å². The zero-order valence-corrected chi connectivity index (χ0v) is 21.7. The number of hydrogen-bond acceptors (Lipinski definition) is 7. The quantitative estimate of drug-likeness (QED) is 0.499. The molecule has 3 aliphatic rings. The molecular weight excluding hydrogens is 493 g/mol. The molecule has 2 aromatic carbocycles. The minimum absolute atomic E-state index is 0.240. The van der Waals surface area contributed by atoms with Crippen LogP contribution in [-0.4, -0.2) is 58.6 Å². The van der Waals surface area contributed by atoms with Crippen molar-refractivity contribution in [2.24, 2.45) is 0 Å². The fourth-order valence-corrected chi connectivity index (χ4v) is 7.43. The third-order valence-corrected chi connectivity index (χ3v) is 9.51. The number of fused-ring (bicyclic) bond motifs is 2. The van der Waals surface area contributed by atoms with Crippen molar-refractivity contribution in [3.63, 3.8) is 0 Å². The Kier molecular flexibility index (Phi) is 6.39. The molecule has 9 heteroatoms. The average molecular weight is 524 g/mol. The van der Waals surface area contributed by atoms with Gasteiger partial charge in [-0.3, -0.25) is 9.69 Å².